The van der Waals surface area contributed by atoms with Crippen molar-refractivity contribution in [2.24, 2.45) is 11.8 Å². The molecule has 1 rings (SSSR count). The van der Waals surface area contributed by atoms with Gasteiger partial charge in [-0.05, 0) is 36.8 Å². The summed E-state index contributed by atoms with van der Waals surface area (Å²) >= 11 is 0. The summed E-state index contributed by atoms with van der Waals surface area (Å²) in [5.41, 5.74) is 0.132. The molecule has 4 heteroatoms. The minimum Gasteiger partial charge on any atom is -0.478 e. The Hall–Kier alpha value is -1.84. The fourth-order valence-corrected chi connectivity index (χ4v) is 3.55. The molecule has 164 valence electrons. The number of carboxylic acid groups (broad SMARTS) is 1. The van der Waals surface area contributed by atoms with Crippen molar-refractivity contribution in [3.05, 3.63) is 35.4 Å². The van der Waals surface area contributed by atoms with Gasteiger partial charge in [0.05, 0.1) is 11.1 Å². The molecule has 4 nitrogen and oxygen atoms in total. The lowest BCUT2D eigenvalue weighted by Crippen LogP contribution is -2.26. The molecule has 0 aliphatic carbocycles. The van der Waals surface area contributed by atoms with Gasteiger partial charge >= 0.3 is 11.9 Å². The van der Waals surface area contributed by atoms with Gasteiger partial charge in [-0.3, -0.25) is 0 Å². The molecule has 2 unspecified atom stereocenters. The molecule has 0 fully saturated rings. The van der Waals surface area contributed by atoms with Crippen LogP contribution in [0.2, 0.25) is 0 Å². The number of rotatable bonds is 15. The maximum atomic E-state index is 12.6. The summed E-state index contributed by atoms with van der Waals surface area (Å²) in [5, 5.41) is 9.30. The topological polar surface area (TPSA) is 63.6 Å². The first-order valence-electron chi connectivity index (χ1n) is 11.4. The molecule has 0 radical (unpaired) electrons. The molecule has 0 aliphatic heterocycles. The van der Waals surface area contributed by atoms with Crippen LogP contribution in [-0.2, 0) is 4.74 Å². The highest BCUT2D eigenvalue weighted by Crippen LogP contribution is 2.22. The number of esters is 1. The van der Waals surface area contributed by atoms with Crippen LogP contribution in [0, 0.1) is 11.8 Å². The second kappa shape index (κ2) is 14.2. The van der Waals surface area contributed by atoms with E-state index in [0.29, 0.717) is 0 Å². The van der Waals surface area contributed by atoms with Gasteiger partial charge in [0.2, 0.25) is 0 Å². The SMILES string of the molecule is CCC(C)C(CCCCCCCCCC(C)C)OC(=O)c1ccccc1C(=O)O. The summed E-state index contributed by atoms with van der Waals surface area (Å²) in [7, 11) is 0. The molecule has 2 atom stereocenters. The molecule has 1 aromatic rings. The Morgan fingerprint density at radius 2 is 1.38 bits per heavy atom. The second-order valence-corrected chi connectivity index (χ2v) is 8.63. The average Bonchev–Trinajstić information content (AvgIpc) is 2.70. The van der Waals surface area contributed by atoms with Crippen molar-refractivity contribution in [3.8, 4) is 0 Å². The number of carbonyl (C=O) groups excluding carboxylic acids is 1. The number of carbonyl (C=O) groups is 2. The van der Waals surface area contributed by atoms with Gasteiger partial charge in [0.1, 0.15) is 6.10 Å². The van der Waals surface area contributed by atoms with Crippen molar-refractivity contribution in [2.75, 3.05) is 0 Å². The Balaban J connectivity index is 2.43. The van der Waals surface area contributed by atoms with E-state index in [2.05, 4.69) is 27.7 Å². The van der Waals surface area contributed by atoms with Crippen LogP contribution in [0.3, 0.4) is 0 Å². The average molecular weight is 405 g/mol. The van der Waals surface area contributed by atoms with Crippen LogP contribution >= 0.6 is 0 Å². The first-order chi connectivity index (χ1) is 13.9. The number of hydrogen-bond acceptors (Lipinski definition) is 3. The van der Waals surface area contributed by atoms with Gasteiger partial charge in [-0.25, -0.2) is 9.59 Å². The van der Waals surface area contributed by atoms with E-state index in [1.807, 2.05) is 0 Å². The standard InChI is InChI=1S/C25H40O4/c1-5-20(4)23(18-12-10-8-6-7-9-11-15-19(2)3)29-25(28)22-17-14-13-16-21(22)24(26)27/h13-14,16-17,19-20,23H,5-12,15,18H2,1-4H3,(H,26,27). The molecule has 1 N–H and O–H groups in total. The van der Waals surface area contributed by atoms with Gasteiger partial charge in [-0.2, -0.15) is 0 Å². The molecular formula is C25H40O4. The zero-order valence-corrected chi connectivity index (χ0v) is 18.8. The van der Waals surface area contributed by atoms with Gasteiger partial charge in [0.15, 0.2) is 0 Å². The maximum Gasteiger partial charge on any atom is 0.339 e. The molecule has 0 saturated carbocycles. The molecule has 0 aromatic heterocycles. The van der Waals surface area contributed by atoms with Crippen molar-refractivity contribution in [2.45, 2.75) is 98.0 Å². The van der Waals surface area contributed by atoms with Crippen LogP contribution in [0.5, 0.6) is 0 Å². The predicted molar refractivity (Wildman–Crippen MR) is 118 cm³/mol. The van der Waals surface area contributed by atoms with E-state index in [9.17, 15) is 14.7 Å². The Morgan fingerprint density at radius 1 is 0.862 bits per heavy atom. The monoisotopic (exact) mass is 404 g/mol. The summed E-state index contributed by atoms with van der Waals surface area (Å²) in [6.07, 6.45) is 11.6. The zero-order chi connectivity index (χ0) is 21.6. The lowest BCUT2D eigenvalue weighted by Gasteiger charge is -2.23. The molecule has 0 heterocycles. The van der Waals surface area contributed by atoms with Crippen LogP contribution in [-0.4, -0.2) is 23.1 Å². The van der Waals surface area contributed by atoms with Gasteiger partial charge in [0.25, 0.3) is 0 Å². The summed E-state index contributed by atoms with van der Waals surface area (Å²) < 4.78 is 5.76. The molecule has 0 amide bonds. The van der Waals surface area contributed by atoms with Gasteiger partial charge in [0, 0.05) is 0 Å². The largest absolute Gasteiger partial charge is 0.478 e. The van der Waals surface area contributed by atoms with Gasteiger partial charge < -0.3 is 9.84 Å². The molecule has 0 spiro atoms. The lowest BCUT2D eigenvalue weighted by atomic mass is 9.95. The fourth-order valence-electron chi connectivity index (χ4n) is 3.55. The Labute approximate surface area is 177 Å². The van der Waals surface area contributed by atoms with Crippen LogP contribution in [0.15, 0.2) is 24.3 Å². The quantitative estimate of drug-likeness (QED) is 0.249. The van der Waals surface area contributed by atoms with E-state index in [1.54, 1.807) is 12.1 Å². The highest BCUT2D eigenvalue weighted by molar-refractivity contribution is 6.02. The molecular weight excluding hydrogens is 364 g/mol. The van der Waals surface area contributed by atoms with Crippen LogP contribution in [0.25, 0.3) is 0 Å². The van der Waals surface area contributed by atoms with Gasteiger partial charge in [-0.15, -0.1) is 0 Å². The Bertz CT molecular complexity index is 609. The van der Waals surface area contributed by atoms with Crippen molar-refractivity contribution >= 4 is 11.9 Å². The lowest BCUT2D eigenvalue weighted by molar-refractivity contribution is 0.0119. The molecule has 29 heavy (non-hydrogen) atoms. The number of aromatic carboxylic acids is 1. The Kier molecular flexibility index (Phi) is 12.3. The summed E-state index contributed by atoms with van der Waals surface area (Å²) in [6.45, 7) is 8.74. The number of ether oxygens (including phenoxy) is 1. The normalized spacial score (nSPS) is 13.3. The fraction of sp³-hybridized carbons (Fsp3) is 0.680. The molecule has 0 aliphatic rings. The molecule has 0 bridgehead atoms. The van der Waals surface area contributed by atoms with E-state index < -0.39 is 11.9 Å². The Morgan fingerprint density at radius 3 is 1.90 bits per heavy atom. The number of benzene rings is 1. The van der Waals surface area contributed by atoms with Crippen molar-refractivity contribution in [3.63, 3.8) is 0 Å². The summed E-state index contributed by atoms with van der Waals surface area (Å²) in [5.74, 6) is -0.575. The smallest absolute Gasteiger partial charge is 0.339 e. The first kappa shape index (κ1) is 25.2. The first-order valence-corrected chi connectivity index (χ1v) is 11.4. The van der Waals surface area contributed by atoms with E-state index in [-0.39, 0.29) is 23.1 Å². The number of carboxylic acids is 1. The zero-order valence-electron chi connectivity index (χ0n) is 18.8. The molecule has 0 saturated heterocycles. The summed E-state index contributed by atoms with van der Waals surface area (Å²) in [4.78, 5) is 24.0. The number of hydrogen-bond donors (Lipinski definition) is 1. The summed E-state index contributed by atoms with van der Waals surface area (Å²) in [6, 6.07) is 6.26. The third-order valence-electron chi connectivity index (χ3n) is 5.68. The van der Waals surface area contributed by atoms with Crippen molar-refractivity contribution < 1.29 is 19.4 Å². The molecule has 1 aromatic carbocycles. The van der Waals surface area contributed by atoms with E-state index >= 15 is 0 Å². The third kappa shape index (κ3) is 9.96. The van der Waals surface area contributed by atoms with Crippen molar-refractivity contribution in [1.29, 1.82) is 0 Å². The minimum absolute atomic E-state index is 0.00197. The van der Waals surface area contributed by atoms with Crippen LogP contribution < -0.4 is 0 Å². The van der Waals surface area contributed by atoms with E-state index in [4.69, 9.17) is 4.74 Å². The van der Waals surface area contributed by atoms with Gasteiger partial charge in [-0.1, -0.05) is 91.2 Å². The predicted octanol–water partition coefficient (Wildman–Crippen LogP) is 7.12. The highest BCUT2D eigenvalue weighted by atomic mass is 16.5. The van der Waals surface area contributed by atoms with Crippen LogP contribution in [0.4, 0.5) is 0 Å². The second-order valence-electron chi connectivity index (χ2n) is 8.63. The third-order valence-corrected chi connectivity index (χ3v) is 5.68. The van der Waals surface area contributed by atoms with Crippen molar-refractivity contribution in [1.82, 2.24) is 0 Å². The number of unbranched alkanes of at least 4 members (excludes halogenated alkanes) is 6. The maximum absolute atomic E-state index is 12.6. The highest BCUT2D eigenvalue weighted by Gasteiger charge is 2.23. The van der Waals surface area contributed by atoms with Crippen LogP contribution in [0.1, 0.15) is 113 Å². The minimum atomic E-state index is -1.11. The van der Waals surface area contributed by atoms with E-state index in [1.165, 1.54) is 50.7 Å². The van der Waals surface area contributed by atoms with E-state index in [0.717, 1.165) is 31.6 Å².